The third-order valence-electron chi connectivity index (χ3n) is 4.73. The first-order valence-corrected chi connectivity index (χ1v) is 13.4. The van der Waals surface area contributed by atoms with E-state index < -0.39 is 10.0 Å². The van der Waals surface area contributed by atoms with Gasteiger partial charge in [-0.2, -0.15) is 4.31 Å². The molecule has 3 rings (SSSR count). The van der Waals surface area contributed by atoms with E-state index in [2.05, 4.69) is 32.9 Å². The molecule has 0 unspecified atom stereocenters. The number of amides is 1. The number of anilines is 1. The van der Waals surface area contributed by atoms with Crippen molar-refractivity contribution < 1.29 is 13.2 Å². The normalized spacial score (nSPS) is 11.6. The highest BCUT2D eigenvalue weighted by atomic mass is 127. The predicted octanol–water partition coefficient (Wildman–Crippen LogP) is 5.48. The zero-order valence-corrected chi connectivity index (χ0v) is 21.1. The minimum absolute atomic E-state index is 0.192. The molecule has 31 heavy (non-hydrogen) atoms. The van der Waals surface area contributed by atoms with Crippen molar-refractivity contribution in [2.24, 2.45) is 0 Å². The molecule has 9 heteroatoms. The van der Waals surface area contributed by atoms with Crippen molar-refractivity contribution >= 4 is 55.0 Å². The number of benzene rings is 2. The highest BCUT2D eigenvalue weighted by molar-refractivity contribution is 14.1. The summed E-state index contributed by atoms with van der Waals surface area (Å²) in [5, 5.41) is 5.17. The average Bonchev–Trinajstić information content (AvgIpc) is 3.23. The summed E-state index contributed by atoms with van der Waals surface area (Å²) in [5.41, 5.74) is 2.15. The van der Waals surface area contributed by atoms with Crippen LogP contribution in [0.5, 0.6) is 0 Å². The second-order valence-corrected chi connectivity index (χ2v) is 10.9. The second kappa shape index (κ2) is 10.7. The van der Waals surface area contributed by atoms with Gasteiger partial charge in [0.1, 0.15) is 0 Å². The molecule has 0 atom stereocenters. The van der Waals surface area contributed by atoms with Crippen LogP contribution in [0.4, 0.5) is 5.13 Å². The first kappa shape index (κ1) is 23.8. The fourth-order valence-electron chi connectivity index (χ4n) is 2.96. The fourth-order valence-corrected chi connectivity index (χ4v) is 5.53. The van der Waals surface area contributed by atoms with E-state index in [0.29, 0.717) is 23.8 Å². The summed E-state index contributed by atoms with van der Waals surface area (Å²) in [6, 6.07) is 14.0. The number of hydrogen-bond donors (Lipinski definition) is 1. The summed E-state index contributed by atoms with van der Waals surface area (Å²) in [6.07, 6.45) is 1.73. The molecule has 1 aromatic heterocycles. The number of carbonyl (C=O) groups is 1. The van der Waals surface area contributed by atoms with Crippen molar-refractivity contribution in [2.45, 2.75) is 31.6 Å². The number of thiazole rings is 1. The van der Waals surface area contributed by atoms with E-state index in [9.17, 15) is 13.2 Å². The Labute approximate surface area is 200 Å². The minimum Gasteiger partial charge on any atom is -0.298 e. The van der Waals surface area contributed by atoms with Crippen LogP contribution in [0.3, 0.4) is 0 Å². The van der Waals surface area contributed by atoms with Gasteiger partial charge in [0, 0.05) is 33.2 Å². The molecular formula is C22H24IN3O3S2. The Hall–Kier alpha value is -1.82. The van der Waals surface area contributed by atoms with E-state index in [1.165, 1.54) is 39.9 Å². The zero-order chi connectivity index (χ0) is 22.4. The van der Waals surface area contributed by atoms with E-state index in [-0.39, 0.29) is 10.8 Å². The van der Waals surface area contributed by atoms with Crippen molar-refractivity contribution in [2.75, 3.05) is 18.4 Å². The highest BCUT2D eigenvalue weighted by Gasteiger charge is 2.22. The van der Waals surface area contributed by atoms with E-state index in [1.54, 1.807) is 0 Å². The van der Waals surface area contributed by atoms with Gasteiger partial charge in [-0.05, 0) is 65.4 Å². The molecule has 1 heterocycles. The number of nitrogens with one attached hydrogen (secondary N) is 1. The molecule has 164 valence electrons. The largest absolute Gasteiger partial charge is 0.298 e. The Morgan fingerprint density at radius 2 is 1.77 bits per heavy atom. The van der Waals surface area contributed by atoms with Gasteiger partial charge < -0.3 is 0 Å². The lowest BCUT2D eigenvalue weighted by Gasteiger charge is -2.20. The molecule has 0 fully saturated rings. The summed E-state index contributed by atoms with van der Waals surface area (Å²) in [7, 11) is -3.56. The summed E-state index contributed by atoms with van der Waals surface area (Å²) in [5.74, 6) is -0.328. The topological polar surface area (TPSA) is 79.4 Å². The van der Waals surface area contributed by atoms with Gasteiger partial charge in [0.15, 0.2) is 5.13 Å². The fraction of sp³-hybridized carbons (Fsp3) is 0.273. The van der Waals surface area contributed by atoms with Crippen LogP contribution in [0.2, 0.25) is 0 Å². The Kier molecular flexibility index (Phi) is 8.20. The summed E-state index contributed by atoms with van der Waals surface area (Å²) < 4.78 is 28.2. The van der Waals surface area contributed by atoms with Crippen LogP contribution in [-0.4, -0.2) is 36.7 Å². The lowest BCUT2D eigenvalue weighted by molar-refractivity contribution is 0.102. The molecule has 0 aliphatic rings. The van der Waals surface area contributed by atoms with E-state index in [4.69, 9.17) is 0 Å². The van der Waals surface area contributed by atoms with Gasteiger partial charge in [0.2, 0.25) is 10.0 Å². The maximum atomic E-state index is 12.8. The van der Waals surface area contributed by atoms with E-state index in [1.807, 2.05) is 43.5 Å². The molecule has 0 bridgehead atoms. The molecule has 0 radical (unpaired) electrons. The van der Waals surface area contributed by atoms with Crippen molar-refractivity contribution in [3.63, 3.8) is 0 Å². The van der Waals surface area contributed by atoms with E-state index >= 15 is 0 Å². The number of nitrogens with zero attached hydrogens (tertiary/aromatic N) is 2. The Morgan fingerprint density at radius 1 is 1.10 bits per heavy atom. The van der Waals surface area contributed by atoms with E-state index in [0.717, 1.165) is 27.7 Å². The summed E-state index contributed by atoms with van der Waals surface area (Å²) >= 11 is 3.59. The van der Waals surface area contributed by atoms with Gasteiger partial charge >= 0.3 is 0 Å². The second-order valence-electron chi connectivity index (χ2n) is 6.87. The molecule has 2 aromatic carbocycles. The molecule has 0 saturated heterocycles. The first-order valence-electron chi connectivity index (χ1n) is 9.98. The van der Waals surface area contributed by atoms with Gasteiger partial charge in [-0.1, -0.05) is 32.4 Å². The number of carbonyl (C=O) groups excluding carboxylic acids is 1. The molecule has 6 nitrogen and oxygen atoms in total. The lowest BCUT2D eigenvalue weighted by atomic mass is 10.2. The minimum atomic E-state index is -3.56. The quantitative estimate of drug-likeness (QED) is 0.347. The van der Waals surface area contributed by atoms with Crippen LogP contribution < -0.4 is 5.32 Å². The molecule has 1 amide bonds. The van der Waals surface area contributed by atoms with Crippen LogP contribution in [0.25, 0.3) is 11.3 Å². The number of halogens is 1. The molecule has 0 aliphatic heterocycles. The van der Waals surface area contributed by atoms with Gasteiger partial charge in [-0.3, -0.25) is 10.1 Å². The molecular weight excluding hydrogens is 545 g/mol. The van der Waals surface area contributed by atoms with Crippen molar-refractivity contribution in [3.05, 3.63) is 63.0 Å². The molecule has 0 spiro atoms. The predicted molar refractivity (Wildman–Crippen MR) is 134 cm³/mol. The number of sulfonamides is 1. The zero-order valence-electron chi connectivity index (χ0n) is 17.3. The Morgan fingerprint density at radius 3 is 2.39 bits per heavy atom. The summed E-state index contributed by atoms with van der Waals surface area (Å²) in [6.45, 7) is 4.76. The SMILES string of the molecule is CCCCN(CC)S(=O)(=O)c1ccc(C(=O)Nc2nc(-c3ccc(I)cc3)cs2)cc1. The van der Waals surface area contributed by atoms with Gasteiger partial charge in [-0.15, -0.1) is 11.3 Å². The van der Waals surface area contributed by atoms with Crippen molar-refractivity contribution in [1.29, 1.82) is 0 Å². The maximum Gasteiger partial charge on any atom is 0.257 e. The van der Waals surface area contributed by atoms with Crippen molar-refractivity contribution in [1.82, 2.24) is 9.29 Å². The molecule has 3 aromatic rings. The number of rotatable bonds is 9. The van der Waals surface area contributed by atoms with Gasteiger partial charge in [-0.25, -0.2) is 13.4 Å². The number of hydrogen-bond acceptors (Lipinski definition) is 5. The van der Waals surface area contributed by atoms with Crippen LogP contribution >= 0.6 is 33.9 Å². The third kappa shape index (κ3) is 5.91. The summed E-state index contributed by atoms with van der Waals surface area (Å²) in [4.78, 5) is 17.3. The third-order valence-corrected chi connectivity index (χ3v) is 8.20. The Bertz CT molecular complexity index is 1130. The van der Waals surface area contributed by atoms with Crippen LogP contribution in [0.15, 0.2) is 58.8 Å². The van der Waals surface area contributed by atoms with Gasteiger partial charge in [0.25, 0.3) is 5.91 Å². The Balaban J connectivity index is 1.70. The monoisotopic (exact) mass is 569 g/mol. The molecule has 0 saturated carbocycles. The maximum absolute atomic E-state index is 12.8. The number of unbranched alkanes of at least 4 members (excludes halogenated alkanes) is 1. The molecule has 0 aliphatic carbocycles. The first-order chi connectivity index (χ1) is 14.8. The number of aromatic nitrogens is 1. The molecule has 1 N–H and O–H groups in total. The van der Waals surface area contributed by atoms with Crippen LogP contribution in [0.1, 0.15) is 37.0 Å². The smallest absolute Gasteiger partial charge is 0.257 e. The van der Waals surface area contributed by atoms with Crippen LogP contribution in [0, 0.1) is 3.57 Å². The van der Waals surface area contributed by atoms with Crippen molar-refractivity contribution in [3.8, 4) is 11.3 Å². The average molecular weight is 569 g/mol. The van der Waals surface area contributed by atoms with Gasteiger partial charge in [0.05, 0.1) is 10.6 Å². The highest BCUT2D eigenvalue weighted by Crippen LogP contribution is 2.26. The standard InChI is InChI=1S/C22H24IN3O3S2/c1-3-5-14-26(4-2)31(28,29)19-12-8-17(9-13-19)21(27)25-22-24-20(15-30-22)16-6-10-18(23)11-7-16/h6-13,15H,3-5,14H2,1-2H3,(H,24,25,27). The van der Waals surface area contributed by atoms with Crippen LogP contribution in [-0.2, 0) is 10.0 Å². The lowest BCUT2D eigenvalue weighted by Crippen LogP contribution is -2.31.